The van der Waals surface area contributed by atoms with Gasteiger partial charge in [0, 0.05) is 6.20 Å². The third kappa shape index (κ3) is 2.12. The molecule has 0 aliphatic carbocycles. The van der Waals surface area contributed by atoms with Crippen molar-refractivity contribution in [2.24, 2.45) is 0 Å². The Labute approximate surface area is 113 Å². The van der Waals surface area contributed by atoms with E-state index in [2.05, 4.69) is 25.3 Å². The molecule has 8 heteroatoms. The van der Waals surface area contributed by atoms with E-state index in [0.29, 0.717) is 34.4 Å². The van der Waals surface area contributed by atoms with Crippen molar-refractivity contribution in [1.82, 2.24) is 25.3 Å². The summed E-state index contributed by atoms with van der Waals surface area (Å²) in [5.74, 6) is 1.17. The normalized spacial score (nSPS) is 10.4. The number of hydrogen-bond donors (Lipinski definition) is 0. The van der Waals surface area contributed by atoms with Gasteiger partial charge in [0.05, 0.1) is 6.42 Å². The Balaban J connectivity index is 1.87. The molecule has 0 amide bonds. The molecule has 20 heavy (non-hydrogen) atoms. The van der Waals surface area contributed by atoms with E-state index in [9.17, 15) is 0 Å². The number of nitrogens with zero attached hydrogens (tertiary/aromatic N) is 6. The fourth-order valence-corrected chi connectivity index (χ4v) is 1.68. The minimum Gasteiger partial charge on any atom is -0.360 e. The third-order valence-electron chi connectivity index (χ3n) is 2.64. The van der Waals surface area contributed by atoms with Crippen LogP contribution < -0.4 is 0 Å². The Bertz CT molecular complexity index is 771. The van der Waals surface area contributed by atoms with Crippen molar-refractivity contribution in [2.45, 2.75) is 13.3 Å². The van der Waals surface area contributed by atoms with Crippen molar-refractivity contribution in [1.29, 1.82) is 5.26 Å². The van der Waals surface area contributed by atoms with Gasteiger partial charge < -0.3 is 9.05 Å². The molecule has 0 saturated carbocycles. The lowest BCUT2D eigenvalue weighted by Crippen LogP contribution is -1.92. The van der Waals surface area contributed by atoms with Crippen molar-refractivity contribution >= 4 is 0 Å². The Morgan fingerprint density at radius 2 is 2.20 bits per heavy atom. The Morgan fingerprint density at radius 3 is 2.95 bits per heavy atom. The van der Waals surface area contributed by atoms with Gasteiger partial charge in [-0.15, -0.1) is 0 Å². The summed E-state index contributed by atoms with van der Waals surface area (Å²) in [6.07, 6.45) is 3.23. The van der Waals surface area contributed by atoms with Gasteiger partial charge in [-0.3, -0.25) is 0 Å². The minimum atomic E-state index is 0.234. The average Bonchev–Trinajstić information content (AvgIpc) is 3.08. The van der Waals surface area contributed by atoms with Crippen LogP contribution in [0.3, 0.4) is 0 Å². The standard InChI is InChI=1S/C12H8N6O2/c1-7-8(5-13)10(17-19-7)4-11-16-12(18-20-11)9-2-3-14-6-15-9/h2-3,6H,4H2,1H3. The second kappa shape index (κ2) is 4.89. The van der Waals surface area contributed by atoms with E-state index in [1.165, 1.54) is 6.33 Å². The highest BCUT2D eigenvalue weighted by Gasteiger charge is 2.17. The zero-order valence-electron chi connectivity index (χ0n) is 10.4. The van der Waals surface area contributed by atoms with E-state index in [4.69, 9.17) is 14.3 Å². The summed E-state index contributed by atoms with van der Waals surface area (Å²) in [6.45, 7) is 1.68. The van der Waals surface area contributed by atoms with E-state index in [1.54, 1.807) is 19.2 Å². The largest absolute Gasteiger partial charge is 0.360 e. The van der Waals surface area contributed by atoms with Crippen molar-refractivity contribution in [3.63, 3.8) is 0 Å². The molecule has 0 saturated heterocycles. The maximum Gasteiger partial charge on any atom is 0.233 e. The molecular weight excluding hydrogens is 260 g/mol. The van der Waals surface area contributed by atoms with Crippen LogP contribution in [0.2, 0.25) is 0 Å². The summed E-state index contributed by atoms with van der Waals surface area (Å²) in [5.41, 5.74) is 1.43. The zero-order chi connectivity index (χ0) is 13.9. The topological polar surface area (TPSA) is 115 Å². The van der Waals surface area contributed by atoms with Gasteiger partial charge in [-0.1, -0.05) is 10.3 Å². The van der Waals surface area contributed by atoms with Crippen molar-refractivity contribution in [3.05, 3.63) is 41.5 Å². The summed E-state index contributed by atoms with van der Waals surface area (Å²) < 4.78 is 10.1. The van der Waals surface area contributed by atoms with Crippen LogP contribution in [0.1, 0.15) is 22.9 Å². The molecule has 0 N–H and O–H groups in total. The zero-order valence-corrected chi connectivity index (χ0v) is 10.4. The lowest BCUT2D eigenvalue weighted by atomic mass is 10.2. The summed E-state index contributed by atoms with van der Waals surface area (Å²) in [6, 6.07) is 3.71. The molecule has 3 rings (SSSR count). The highest BCUT2D eigenvalue weighted by Crippen LogP contribution is 2.17. The quantitative estimate of drug-likeness (QED) is 0.697. The van der Waals surface area contributed by atoms with Crippen LogP contribution in [0.5, 0.6) is 0 Å². The second-order valence-electron chi connectivity index (χ2n) is 3.96. The predicted molar refractivity (Wildman–Crippen MR) is 64.1 cm³/mol. The van der Waals surface area contributed by atoms with Crippen LogP contribution >= 0.6 is 0 Å². The average molecular weight is 268 g/mol. The molecular formula is C12H8N6O2. The second-order valence-corrected chi connectivity index (χ2v) is 3.96. The SMILES string of the molecule is Cc1onc(Cc2nc(-c3ccncn3)no2)c1C#N. The molecule has 3 aromatic heterocycles. The highest BCUT2D eigenvalue weighted by atomic mass is 16.5. The van der Waals surface area contributed by atoms with E-state index in [0.717, 1.165) is 0 Å². The summed E-state index contributed by atoms with van der Waals surface area (Å²) >= 11 is 0. The number of hydrogen-bond acceptors (Lipinski definition) is 8. The molecule has 3 heterocycles. The van der Waals surface area contributed by atoms with Crippen LogP contribution in [0.15, 0.2) is 27.6 Å². The van der Waals surface area contributed by atoms with Crippen LogP contribution in [-0.2, 0) is 6.42 Å². The first-order chi connectivity index (χ1) is 9.78. The number of aromatic nitrogens is 5. The summed E-state index contributed by atoms with van der Waals surface area (Å²) in [7, 11) is 0. The minimum absolute atomic E-state index is 0.234. The molecule has 0 unspecified atom stereocenters. The maximum absolute atomic E-state index is 9.02. The van der Waals surface area contributed by atoms with E-state index >= 15 is 0 Å². The molecule has 0 atom stereocenters. The van der Waals surface area contributed by atoms with E-state index in [-0.39, 0.29) is 6.42 Å². The molecule has 3 aromatic rings. The van der Waals surface area contributed by atoms with Gasteiger partial charge in [-0.2, -0.15) is 10.2 Å². The lowest BCUT2D eigenvalue weighted by molar-refractivity contribution is 0.371. The van der Waals surface area contributed by atoms with Gasteiger partial charge in [0.15, 0.2) is 5.76 Å². The monoisotopic (exact) mass is 268 g/mol. The van der Waals surface area contributed by atoms with Crippen molar-refractivity contribution < 1.29 is 9.05 Å². The van der Waals surface area contributed by atoms with Crippen LogP contribution in [-0.4, -0.2) is 25.3 Å². The van der Waals surface area contributed by atoms with Crippen LogP contribution in [0.25, 0.3) is 11.5 Å². The van der Waals surface area contributed by atoms with Gasteiger partial charge in [0.2, 0.25) is 11.7 Å². The molecule has 0 bridgehead atoms. The van der Waals surface area contributed by atoms with Gasteiger partial charge in [-0.05, 0) is 13.0 Å². The van der Waals surface area contributed by atoms with Gasteiger partial charge in [0.1, 0.15) is 29.3 Å². The summed E-state index contributed by atoms with van der Waals surface area (Å²) in [4.78, 5) is 12.0. The van der Waals surface area contributed by atoms with Crippen LogP contribution in [0.4, 0.5) is 0 Å². The molecule has 0 radical (unpaired) electrons. The van der Waals surface area contributed by atoms with Crippen LogP contribution in [0, 0.1) is 18.3 Å². The molecule has 0 aliphatic rings. The first-order valence-corrected chi connectivity index (χ1v) is 5.72. The van der Waals surface area contributed by atoms with Crippen molar-refractivity contribution in [3.8, 4) is 17.6 Å². The van der Waals surface area contributed by atoms with Crippen molar-refractivity contribution in [2.75, 3.05) is 0 Å². The number of aryl methyl sites for hydroxylation is 1. The van der Waals surface area contributed by atoms with E-state index < -0.39 is 0 Å². The molecule has 98 valence electrons. The van der Waals surface area contributed by atoms with Gasteiger partial charge in [0.25, 0.3) is 0 Å². The van der Waals surface area contributed by atoms with Gasteiger partial charge in [-0.25, -0.2) is 9.97 Å². The predicted octanol–water partition coefficient (Wildman–Crippen LogP) is 1.29. The summed E-state index contributed by atoms with van der Waals surface area (Å²) in [5, 5.41) is 16.7. The molecule has 8 nitrogen and oxygen atoms in total. The first-order valence-electron chi connectivity index (χ1n) is 5.72. The fourth-order valence-electron chi connectivity index (χ4n) is 1.68. The Hall–Kier alpha value is -3.08. The molecule has 0 spiro atoms. The maximum atomic E-state index is 9.02. The number of rotatable bonds is 3. The Morgan fingerprint density at radius 1 is 1.30 bits per heavy atom. The first kappa shape index (κ1) is 12.0. The molecule has 0 aromatic carbocycles. The van der Waals surface area contributed by atoms with E-state index in [1.807, 2.05) is 6.07 Å². The van der Waals surface area contributed by atoms with Gasteiger partial charge >= 0.3 is 0 Å². The third-order valence-corrected chi connectivity index (χ3v) is 2.64. The molecule has 0 fully saturated rings. The lowest BCUT2D eigenvalue weighted by Gasteiger charge is -1.90. The number of nitriles is 1. The molecule has 0 aliphatic heterocycles. The Kier molecular flexibility index (Phi) is 2.93. The highest BCUT2D eigenvalue weighted by molar-refractivity contribution is 5.46. The fraction of sp³-hybridized carbons (Fsp3) is 0.167. The smallest absolute Gasteiger partial charge is 0.233 e.